The zero-order chi connectivity index (χ0) is 9.59. The van der Waals surface area contributed by atoms with Crippen LogP contribution in [-0.2, 0) is 0 Å². The molecule has 2 aromatic rings. The van der Waals surface area contributed by atoms with Crippen molar-refractivity contribution in [3.8, 4) is 0 Å². The van der Waals surface area contributed by atoms with Crippen LogP contribution in [0.4, 0.5) is 0 Å². The Morgan fingerprint density at radius 3 is 2.46 bits per heavy atom. The van der Waals surface area contributed by atoms with Gasteiger partial charge < -0.3 is 4.98 Å². The Bertz CT molecular complexity index is 468. The molecule has 68 valence electrons. The van der Waals surface area contributed by atoms with Crippen molar-refractivity contribution in [1.82, 2.24) is 4.98 Å². The molecular weight excluding hydrogens is 226 g/mol. The van der Waals surface area contributed by atoms with Gasteiger partial charge in [0.05, 0.1) is 0 Å². The minimum absolute atomic E-state index is 1.18. The van der Waals surface area contributed by atoms with E-state index >= 15 is 0 Å². The van der Waals surface area contributed by atoms with E-state index in [1.165, 1.54) is 32.2 Å². The maximum absolute atomic E-state index is 3.58. The summed E-state index contributed by atoms with van der Waals surface area (Å²) >= 11 is 3.58. The van der Waals surface area contributed by atoms with Gasteiger partial charge in [-0.3, -0.25) is 0 Å². The van der Waals surface area contributed by atoms with Crippen LogP contribution in [0.15, 0.2) is 16.6 Å². The van der Waals surface area contributed by atoms with Gasteiger partial charge in [-0.05, 0) is 38.0 Å². The van der Waals surface area contributed by atoms with E-state index in [1.54, 1.807) is 0 Å². The molecule has 0 amide bonds. The number of H-pyrrole nitrogens is 1. The molecule has 0 saturated heterocycles. The van der Waals surface area contributed by atoms with Gasteiger partial charge in [-0.2, -0.15) is 0 Å². The first kappa shape index (κ1) is 8.82. The normalized spacial score (nSPS) is 11.1. The van der Waals surface area contributed by atoms with Crippen LogP contribution < -0.4 is 0 Å². The molecule has 2 heteroatoms. The lowest BCUT2D eigenvalue weighted by molar-refractivity contribution is 1.25. The Morgan fingerprint density at radius 2 is 1.85 bits per heavy atom. The number of hydrogen-bond acceptors (Lipinski definition) is 0. The Kier molecular flexibility index (Phi) is 1.95. The van der Waals surface area contributed by atoms with Crippen molar-refractivity contribution in [1.29, 1.82) is 0 Å². The van der Waals surface area contributed by atoms with Crippen molar-refractivity contribution < 1.29 is 0 Å². The SMILES string of the molecule is Cc1[nH]c2c(C)ccc(Br)c2c1C. The minimum atomic E-state index is 1.18. The van der Waals surface area contributed by atoms with Crippen LogP contribution in [0.2, 0.25) is 0 Å². The summed E-state index contributed by atoms with van der Waals surface area (Å²) in [6.45, 7) is 6.39. The van der Waals surface area contributed by atoms with Crippen molar-refractivity contribution in [2.24, 2.45) is 0 Å². The van der Waals surface area contributed by atoms with Crippen molar-refractivity contribution in [3.63, 3.8) is 0 Å². The summed E-state index contributed by atoms with van der Waals surface area (Å²) in [6.07, 6.45) is 0. The van der Waals surface area contributed by atoms with E-state index in [0.717, 1.165) is 0 Å². The van der Waals surface area contributed by atoms with Crippen LogP contribution in [-0.4, -0.2) is 4.98 Å². The molecule has 0 spiro atoms. The number of nitrogens with one attached hydrogen (secondary N) is 1. The van der Waals surface area contributed by atoms with E-state index in [1.807, 2.05) is 0 Å². The number of aryl methyl sites for hydroxylation is 3. The summed E-state index contributed by atoms with van der Waals surface area (Å²) in [5, 5.41) is 1.32. The molecule has 0 atom stereocenters. The zero-order valence-electron chi connectivity index (χ0n) is 8.03. The molecule has 0 bridgehead atoms. The third-order valence-electron chi connectivity index (χ3n) is 2.61. The summed E-state index contributed by atoms with van der Waals surface area (Å²) in [4.78, 5) is 3.41. The van der Waals surface area contributed by atoms with Gasteiger partial charge in [-0.25, -0.2) is 0 Å². The Hall–Kier alpha value is -0.760. The predicted molar refractivity (Wildman–Crippen MR) is 60.2 cm³/mol. The fourth-order valence-corrected chi connectivity index (χ4v) is 2.31. The summed E-state index contributed by atoms with van der Waals surface area (Å²) in [5.41, 5.74) is 5.15. The molecule has 1 aromatic carbocycles. The smallest absolute Gasteiger partial charge is 0.0499 e. The molecule has 0 aliphatic carbocycles. The van der Waals surface area contributed by atoms with Gasteiger partial charge in [0.2, 0.25) is 0 Å². The maximum Gasteiger partial charge on any atom is 0.0499 e. The molecule has 13 heavy (non-hydrogen) atoms. The molecule has 1 heterocycles. The standard InChI is InChI=1S/C11H12BrN/c1-6-4-5-9(12)10-7(2)8(3)13-11(6)10/h4-5,13H,1-3H3. The zero-order valence-corrected chi connectivity index (χ0v) is 9.62. The molecule has 0 aliphatic rings. The minimum Gasteiger partial charge on any atom is -0.358 e. The maximum atomic E-state index is 3.58. The Balaban J connectivity index is 3.00. The number of fused-ring (bicyclic) bond motifs is 1. The molecule has 1 N–H and O–H groups in total. The Morgan fingerprint density at radius 1 is 1.15 bits per heavy atom. The molecule has 0 saturated carbocycles. The monoisotopic (exact) mass is 237 g/mol. The van der Waals surface area contributed by atoms with Crippen molar-refractivity contribution >= 4 is 26.8 Å². The van der Waals surface area contributed by atoms with Crippen LogP contribution in [0, 0.1) is 20.8 Å². The molecule has 0 unspecified atom stereocenters. The lowest BCUT2D eigenvalue weighted by Gasteiger charge is -1.98. The van der Waals surface area contributed by atoms with Gasteiger partial charge >= 0.3 is 0 Å². The van der Waals surface area contributed by atoms with E-state index in [9.17, 15) is 0 Å². The van der Waals surface area contributed by atoms with Crippen LogP contribution in [0.25, 0.3) is 10.9 Å². The quantitative estimate of drug-likeness (QED) is 0.717. The molecule has 1 nitrogen and oxygen atoms in total. The first-order chi connectivity index (χ1) is 6.11. The summed E-state index contributed by atoms with van der Waals surface area (Å²) < 4.78 is 1.18. The number of hydrogen-bond donors (Lipinski definition) is 1. The van der Waals surface area contributed by atoms with E-state index in [-0.39, 0.29) is 0 Å². The fourth-order valence-electron chi connectivity index (χ4n) is 1.68. The highest BCUT2D eigenvalue weighted by Crippen LogP contribution is 2.30. The van der Waals surface area contributed by atoms with E-state index < -0.39 is 0 Å². The van der Waals surface area contributed by atoms with Gasteiger partial charge in [-0.1, -0.05) is 22.0 Å². The van der Waals surface area contributed by atoms with Crippen LogP contribution in [0.3, 0.4) is 0 Å². The second kappa shape index (κ2) is 2.88. The van der Waals surface area contributed by atoms with Crippen LogP contribution in [0.5, 0.6) is 0 Å². The van der Waals surface area contributed by atoms with Gasteiger partial charge in [0.1, 0.15) is 0 Å². The first-order valence-electron chi connectivity index (χ1n) is 4.35. The Labute approximate surface area is 86.3 Å². The molecule has 1 aromatic heterocycles. The van der Waals surface area contributed by atoms with E-state index in [4.69, 9.17) is 0 Å². The molecule has 0 aliphatic heterocycles. The third kappa shape index (κ3) is 1.20. The molecule has 0 fully saturated rings. The predicted octanol–water partition coefficient (Wildman–Crippen LogP) is 3.86. The average Bonchev–Trinajstić information content (AvgIpc) is 2.38. The highest BCUT2D eigenvalue weighted by molar-refractivity contribution is 9.10. The lowest BCUT2D eigenvalue weighted by atomic mass is 10.1. The van der Waals surface area contributed by atoms with Crippen molar-refractivity contribution in [2.45, 2.75) is 20.8 Å². The lowest BCUT2D eigenvalue weighted by Crippen LogP contribution is -1.77. The van der Waals surface area contributed by atoms with Crippen molar-refractivity contribution in [3.05, 3.63) is 33.4 Å². The second-order valence-electron chi connectivity index (χ2n) is 3.49. The molecule has 2 rings (SSSR count). The highest BCUT2D eigenvalue weighted by Gasteiger charge is 2.08. The molecule has 0 radical (unpaired) electrons. The number of rotatable bonds is 0. The fraction of sp³-hybridized carbons (Fsp3) is 0.273. The first-order valence-corrected chi connectivity index (χ1v) is 5.14. The summed E-state index contributed by atoms with van der Waals surface area (Å²) in [6, 6.07) is 4.24. The molecular formula is C11H12BrN. The second-order valence-corrected chi connectivity index (χ2v) is 4.34. The topological polar surface area (TPSA) is 15.8 Å². The summed E-state index contributed by atoms with van der Waals surface area (Å²) in [7, 11) is 0. The van der Waals surface area contributed by atoms with Gasteiger partial charge in [0.15, 0.2) is 0 Å². The van der Waals surface area contributed by atoms with Crippen molar-refractivity contribution in [2.75, 3.05) is 0 Å². The third-order valence-corrected chi connectivity index (χ3v) is 3.27. The highest BCUT2D eigenvalue weighted by atomic mass is 79.9. The number of benzene rings is 1. The van der Waals surface area contributed by atoms with Gasteiger partial charge in [0.25, 0.3) is 0 Å². The van der Waals surface area contributed by atoms with E-state index in [2.05, 4.69) is 53.8 Å². The number of aromatic nitrogens is 1. The van der Waals surface area contributed by atoms with Crippen LogP contribution >= 0.6 is 15.9 Å². The van der Waals surface area contributed by atoms with Gasteiger partial charge in [-0.15, -0.1) is 0 Å². The average molecular weight is 238 g/mol. The largest absolute Gasteiger partial charge is 0.358 e. The summed E-state index contributed by atoms with van der Waals surface area (Å²) in [5.74, 6) is 0. The number of aromatic amines is 1. The van der Waals surface area contributed by atoms with Gasteiger partial charge in [0, 0.05) is 21.1 Å². The van der Waals surface area contributed by atoms with Crippen LogP contribution in [0.1, 0.15) is 16.8 Å². The van der Waals surface area contributed by atoms with E-state index in [0.29, 0.717) is 0 Å². The number of halogens is 1.